The SMILES string of the molecule is C[C@H]1CCCCN1C[C@@H]1CCCN(CCCC#N)C1. The second-order valence-corrected chi connectivity index (χ2v) is 6.41. The molecule has 0 amide bonds. The number of hydrogen-bond donors (Lipinski definition) is 0. The Morgan fingerprint density at radius 1 is 1.16 bits per heavy atom. The number of hydrogen-bond acceptors (Lipinski definition) is 3. The minimum atomic E-state index is 0.713. The van der Waals surface area contributed by atoms with Crippen LogP contribution in [0.3, 0.4) is 0 Å². The topological polar surface area (TPSA) is 30.3 Å². The number of likely N-dealkylation sites (tertiary alicyclic amines) is 2. The van der Waals surface area contributed by atoms with Gasteiger partial charge in [0.1, 0.15) is 0 Å². The molecule has 0 aromatic carbocycles. The van der Waals surface area contributed by atoms with Crippen LogP contribution in [0.4, 0.5) is 0 Å². The van der Waals surface area contributed by atoms with Gasteiger partial charge in [0.05, 0.1) is 6.07 Å². The first-order chi connectivity index (χ1) is 9.29. The third-order valence-electron chi connectivity index (χ3n) is 4.80. The summed E-state index contributed by atoms with van der Waals surface area (Å²) in [4.78, 5) is 5.30. The van der Waals surface area contributed by atoms with Gasteiger partial charge in [-0.05, 0) is 64.6 Å². The van der Waals surface area contributed by atoms with Gasteiger partial charge in [0.15, 0.2) is 0 Å². The molecule has 0 aliphatic carbocycles. The molecule has 2 aliphatic rings. The van der Waals surface area contributed by atoms with E-state index in [4.69, 9.17) is 5.26 Å². The normalized spacial score (nSPS) is 30.1. The lowest BCUT2D eigenvalue weighted by Crippen LogP contribution is -2.45. The lowest BCUT2D eigenvalue weighted by molar-refractivity contribution is 0.0937. The van der Waals surface area contributed by atoms with Gasteiger partial charge in [0.25, 0.3) is 0 Å². The van der Waals surface area contributed by atoms with E-state index >= 15 is 0 Å². The lowest BCUT2D eigenvalue weighted by atomic mass is 9.94. The molecule has 2 aliphatic heterocycles. The Balaban J connectivity index is 1.72. The van der Waals surface area contributed by atoms with Gasteiger partial charge in [-0.15, -0.1) is 0 Å². The zero-order chi connectivity index (χ0) is 13.5. The highest BCUT2D eigenvalue weighted by atomic mass is 15.2. The maximum absolute atomic E-state index is 8.62. The van der Waals surface area contributed by atoms with E-state index in [0.29, 0.717) is 6.42 Å². The molecular weight excluding hydrogens is 234 g/mol. The monoisotopic (exact) mass is 263 g/mol. The number of piperidine rings is 2. The summed E-state index contributed by atoms with van der Waals surface area (Å²) >= 11 is 0. The quantitative estimate of drug-likeness (QED) is 0.715. The van der Waals surface area contributed by atoms with Crippen LogP contribution in [0.2, 0.25) is 0 Å². The van der Waals surface area contributed by atoms with Crippen LogP contribution in [0, 0.1) is 17.2 Å². The van der Waals surface area contributed by atoms with E-state index in [1.165, 1.54) is 58.3 Å². The van der Waals surface area contributed by atoms with Gasteiger partial charge in [0.2, 0.25) is 0 Å². The van der Waals surface area contributed by atoms with E-state index in [2.05, 4.69) is 22.8 Å². The molecule has 0 unspecified atom stereocenters. The van der Waals surface area contributed by atoms with E-state index in [-0.39, 0.29) is 0 Å². The van der Waals surface area contributed by atoms with Crippen LogP contribution in [0.15, 0.2) is 0 Å². The zero-order valence-corrected chi connectivity index (χ0v) is 12.5. The van der Waals surface area contributed by atoms with E-state index in [9.17, 15) is 0 Å². The highest BCUT2D eigenvalue weighted by molar-refractivity contribution is 4.80. The molecule has 2 fully saturated rings. The fraction of sp³-hybridized carbons (Fsp3) is 0.938. The first-order valence-corrected chi connectivity index (χ1v) is 8.13. The van der Waals surface area contributed by atoms with Crippen molar-refractivity contribution >= 4 is 0 Å². The predicted octanol–water partition coefficient (Wildman–Crippen LogP) is 2.88. The highest BCUT2D eigenvalue weighted by Crippen LogP contribution is 2.22. The van der Waals surface area contributed by atoms with Crippen LogP contribution < -0.4 is 0 Å². The van der Waals surface area contributed by atoms with Gasteiger partial charge in [-0.25, -0.2) is 0 Å². The number of unbranched alkanes of at least 4 members (excludes halogenated alkanes) is 1. The van der Waals surface area contributed by atoms with Crippen LogP contribution in [0.1, 0.15) is 51.9 Å². The van der Waals surface area contributed by atoms with Crippen molar-refractivity contribution in [3.05, 3.63) is 0 Å². The van der Waals surface area contributed by atoms with Crippen molar-refractivity contribution < 1.29 is 0 Å². The number of nitriles is 1. The summed E-state index contributed by atoms with van der Waals surface area (Å²) in [5.41, 5.74) is 0. The Morgan fingerprint density at radius 3 is 2.84 bits per heavy atom. The van der Waals surface area contributed by atoms with E-state index in [1.807, 2.05) is 0 Å². The zero-order valence-electron chi connectivity index (χ0n) is 12.5. The van der Waals surface area contributed by atoms with Gasteiger partial charge in [-0.3, -0.25) is 0 Å². The largest absolute Gasteiger partial charge is 0.303 e. The number of nitrogens with zero attached hydrogens (tertiary/aromatic N) is 3. The lowest BCUT2D eigenvalue weighted by Gasteiger charge is -2.39. The Morgan fingerprint density at radius 2 is 2.05 bits per heavy atom. The first kappa shape index (κ1) is 14.8. The molecule has 2 heterocycles. The molecule has 2 rings (SSSR count). The van der Waals surface area contributed by atoms with Crippen LogP contribution >= 0.6 is 0 Å². The molecule has 0 radical (unpaired) electrons. The third-order valence-corrected chi connectivity index (χ3v) is 4.80. The fourth-order valence-electron chi connectivity index (χ4n) is 3.65. The van der Waals surface area contributed by atoms with Crippen molar-refractivity contribution in [2.75, 3.05) is 32.7 Å². The minimum absolute atomic E-state index is 0.713. The smallest absolute Gasteiger partial charge is 0.0622 e. The Labute approximate surface area is 118 Å². The molecule has 0 aromatic rings. The highest BCUT2D eigenvalue weighted by Gasteiger charge is 2.25. The van der Waals surface area contributed by atoms with Crippen molar-refractivity contribution in [3.63, 3.8) is 0 Å². The van der Waals surface area contributed by atoms with Crippen LogP contribution in [0.5, 0.6) is 0 Å². The van der Waals surface area contributed by atoms with Crippen LogP contribution in [-0.2, 0) is 0 Å². The molecule has 0 saturated carbocycles. The van der Waals surface area contributed by atoms with Crippen molar-refractivity contribution in [2.24, 2.45) is 5.92 Å². The summed E-state index contributed by atoms with van der Waals surface area (Å²) < 4.78 is 0. The van der Waals surface area contributed by atoms with E-state index in [1.54, 1.807) is 0 Å². The second-order valence-electron chi connectivity index (χ2n) is 6.41. The molecule has 0 aromatic heterocycles. The second kappa shape index (κ2) is 7.87. The molecule has 3 heteroatoms. The molecule has 2 saturated heterocycles. The fourth-order valence-corrected chi connectivity index (χ4v) is 3.65. The van der Waals surface area contributed by atoms with Crippen molar-refractivity contribution in [3.8, 4) is 6.07 Å². The van der Waals surface area contributed by atoms with Gasteiger partial charge in [-0.1, -0.05) is 6.42 Å². The molecular formula is C16H29N3. The van der Waals surface area contributed by atoms with Gasteiger partial charge >= 0.3 is 0 Å². The molecule has 19 heavy (non-hydrogen) atoms. The summed E-state index contributed by atoms with van der Waals surface area (Å²) in [7, 11) is 0. The Hall–Kier alpha value is -0.590. The number of rotatable bonds is 5. The van der Waals surface area contributed by atoms with Crippen molar-refractivity contribution in [2.45, 2.75) is 57.9 Å². The summed E-state index contributed by atoms with van der Waals surface area (Å²) in [5.74, 6) is 0.858. The summed E-state index contributed by atoms with van der Waals surface area (Å²) in [6.45, 7) is 8.64. The molecule has 0 bridgehead atoms. The van der Waals surface area contributed by atoms with Gasteiger partial charge in [0, 0.05) is 25.6 Å². The van der Waals surface area contributed by atoms with Gasteiger partial charge in [-0.2, -0.15) is 5.26 Å². The summed E-state index contributed by atoms with van der Waals surface area (Å²) in [5, 5.41) is 8.62. The molecule has 3 nitrogen and oxygen atoms in total. The Bertz CT molecular complexity index is 297. The maximum Gasteiger partial charge on any atom is 0.0622 e. The molecule has 0 spiro atoms. The van der Waals surface area contributed by atoms with E-state index < -0.39 is 0 Å². The van der Waals surface area contributed by atoms with Crippen molar-refractivity contribution in [1.82, 2.24) is 9.80 Å². The molecule has 2 atom stereocenters. The average Bonchev–Trinajstić information content (AvgIpc) is 2.42. The van der Waals surface area contributed by atoms with Crippen LogP contribution in [-0.4, -0.2) is 48.6 Å². The summed E-state index contributed by atoms with van der Waals surface area (Å²) in [6, 6.07) is 3.05. The molecule has 108 valence electrons. The van der Waals surface area contributed by atoms with Crippen molar-refractivity contribution in [1.29, 1.82) is 5.26 Å². The average molecular weight is 263 g/mol. The standard InChI is InChI=1S/C16H29N3/c1-15-7-2-4-12-19(15)14-16-8-6-11-18(13-16)10-5-3-9-17/h15-16H,2-8,10-14H2,1H3/t15-,16+/m0/s1. The summed E-state index contributed by atoms with van der Waals surface area (Å²) in [6.07, 6.45) is 8.70. The predicted molar refractivity (Wildman–Crippen MR) is 78.9 cm³/mol. The third kappa shape index (κ3) is 4.78. The first-order valence-electron chi connectivity index (χ1n) is 8.13. The minimum Gasteiger partial charge on any atom is -0.303 e. The van der Waals surface area contributed by atoms with Gasteiger partial charge < -0.3 is 9.80 Å². The maximum atomic E-state index is 8.62. The van der Waals surface area contributed by atoms with Crippen LogP contribution in [0.25, 0.3) is 0 Å². The molecule has 0 N–H and O–H groups in total. The Kier molecular flexibility index (Phi) is 6.13. The van der Waals surface area contributed by atoms with E-state index in [0.717, 1.165) is 24.9 Å².